The van der Waals surface area contributed by atoms with Gasteiger partial charge in [0.15, 0.2) is 17.1 Å². The molecule has 31 heavy (non-hydrogen) atoms. The predicted octanol–water partition coefficient (Wildman–Crippen LogP) is 5.11. The molecule has 1 atom stereocenters. The zero-order chi connectivity index (χ0) is 22.4. The molecule has 1 N–H and O–H groups in total. The SMILES string of the molecule is C=CCn1c(SCC(=O)Nc2ccc(Br)cn2)nnc1C(C)Oc1ccc(C)cc1C. The number of aromatic nitrogens is 4. The lowest BCUT2D eigenvalue weighted by Gasteiger charge is -2.17. The molecule has 0 aliphatic carbocycles. The number of pyridine rings is 1. The van der Waals surface area contributed by atoms with Gasteiger partial charge in [-0.3, -0.25) is 9.36 Å². The molecule has 1 amide bonds. The second-order valence-electron chi connectivity index (χ2n) is 6.97. The molecule has 0 saturated carbocycles. The zero-order valence-electron chi connectivity index (χ0n) is 17.6. The van der Waals surface area contributed by atoms with Gasteiger partial charge in [-0.2, -0.15) is 0 Å². The smallest absolute Gasteiger partial charge is 0.236 e. The van der Waals surface area contributed by atoms with E-state index in [9.17, 15) is 4.79 Å². The van der Waals surface area contributed by atoms with Gasteiger partial charge in [-0.25, -0.2) is 4.98 Å². The maximum Gasteiger partial charge on any atom is 0.236 e. The fourth-order valence-electron chi connectivity index (χ4n) is 2.94. The summed E-state index contributed by atoms with van der Waals surface area (Å²) in [5.41, 5.74) is 2.25. The van der Waals surface area contributed by atoms with E-state index in [1.165, 1.54) is 17.3 Å². The van der Waals surface area contributed by atoms with Gasteiger partial charge in [-0.1, -0.05) is 35.5 Å². The highest BCUT2D eigenvalue weighted by Gasteiger charge is 2.20. The van der Waals surface area contributed by atoms with Crippen molar-refractivity contribution < 1.29 is 9.53 Å². The number of hydrogen-bond acceptors (Lipinski definition) is 6. The molecule has 2 aromatic heterocycles. The summed E-state index contributed by atoms with van der Waals surface area (Å²) in [5.74, 6) is 1.99. The van der Waals surface area contributed by atoms with Crippen LogP contribution in [0.3, 0.4) is 0 Å². The van der Waals surface area contributed by atoms with Crippen molar-refractivity contribution in [2.75, 3.05) is 11.1 Å². The van der Waals surface area contributed by atoms with Crippen molar-refractivity contribution in [3.63, 3.8) is 0 Å². The number of halogens is 1. The second-order valence-corrected chi connectivity index (χ2v) is 8.83. The minimum Gasteiger partial charge on any atom is -0.482 e. The molecule has 3 aromatic rings. The van der Waals surface area contributed by atoms with Crippen LogP contribution < -0.4 is 10.1 Å². The van der Waals surface area contributed by atoms with E-state index in [0.29, 0.717) is 23.3 Å². The van der Waals surface area contributed by atoms with Crippen LogP contribution in [0.15, 0.2) is 58.8 Å². The van der Waals surface area contributed by atoms with Crippen LogP contribution in [0.25, 0.3) is 0 Å². The molecule has 162 valence electrons. The average Bonchev–Trinajstić information content (AvgIpc) is 3.13. The van der Waals surface area contributed by atoms with Gasteiger partial charge in [0, 0.05) is 17.2 Å². The van der Waals surface area contributed by atoms with E-state index in [2.05, 4.69) is 49.1 Å². The van der Waals surface area contributed by atoms with E-state index in [1.54, 1.807) is 18.3 Å². The number of anilines is 1. The quantitative estimate of drug-likeness (QED) is 0.324. The van der Waals surface area contributed by atoms with Gasteiger partial charge < -0.3 is 10.1 Å². The lowest BCUT2D eigenvalue weighted by Crippen LogP contribution is -2.16. The topological polar surface area (TPSA) is 81.9 Å². The Kier molecular flexibility index (Phi) is 7.86. The van der Waals surface area contributed by atoms with Gasteiger partial charge in [0.25, 0.3) is 0 Å². The third kappa shape index (κ3) is 6.18. The Morgan fingerprint density at radius 1 is 1.32 bits per heavy atom. The maximum absolute atomic E-state index is 12.3. The van der Waals surface area contributed by atoms with Crippen molar-refractivity contribution in [1.82, 2.24) is 19.7 Å². The van der Waals surface area contributed by atoms with E-state index >= 15 is 0 Å². The summed E-state index contributed by atoms with van der Waals surface area (Å²) < 4.78 is 8.91. The summed E-state index contributed by atoms with van der Waals surface area (Å²) in [4.78, 5) is 16.4. The van der Waals surface area contributed by atoms with E-state index in [4.69, 9.17) is 4.74 Å². The van der Waals surface area contributed by atoms with E-state index in [0.717, 1.165) is 15.8 Å². The van der Waals surface area contributed by atoms with Crippen LogP contribution in [-0.4, -0.2) is 31.4 Å². The van der Waals surface area contributed by atoms with Gasteiger partial charge >= 0.3 is 0 Å². The predicted molar refractivity (Wildman–Crippen MR) is 126 cm³/mol. The van der Waals surface area contributed by atoms with Gasteiger partial charge in [0.05, 0.1) is 5.75 Å². The molecule has 1 unspecified atom stereocenters. The third-order valence-electron chi connectivity index (χ3n) is 4.38. The third-order valence-corrected chi connectivity index (χ3v) is 5.82. The normalized spacial score (nSPS) is 11.7. The Balaban J connectivity index is 1.68. The molecular formula is C22H24BrN5O2S. The van der Waals surface area contributed by atoms with Gasteiger partial charge in [0.2, 0.25) is 5.91 Å². The molecule has 0 aliphatic rings. The molecule has 3 rings (SSSR count). The summed E-state index contributed by atoms with van der Waals surface area (Å²) >= 11 is 4.63. The fraction of sp³-hybridized carbons (Fsp3) is 0.273. The minimum absolute atomic E-state index is 0.172. The Hall–Kier alpha value is -2.65. The first kappa shape index (κ1) is 23.0. The summed E-state index contributed by atoms with van der Waals surface area (Å²) in [6.45, 7) is 10.3. The zero-order valence-corrected chi connectivity index (χ0v) is 20.0. The number of nitrogens with one attached hydrogen (secondary N) is 1. The summed E-state index contributed by atoms with van der Waals surface area (Å²) in [6, 6.07) is 9.61. The van der Waals surface area contributed by atoms with Crippen molar-refractivity contribution in [3.8, 4) is 5.75 Å². The molecule has 0 radical (unpaired) electrons. The van der Waals surface area contributed by atoms with Crippen LogP contribution in [-0.2, 0) is 11.3 Å². The van der Waals surface area contributed by atoms with Crippen molar-refractivity contribution in [2.24, 2.45) is 0 Å². The molecule has 0 saturated heterocycles. The largest absolute Gasteiger partial charge is 0.482 e. The van der Waals surface area contributed by atoms with Gasteiger partial charge in [-0.15, -0.1) is 16.8 Å². The molecule has 1 aromatic carbocycles. The van der Waals surface area contributed by atoms with Crippen LogP contribution in [0.4, 0.5) is 5.82 Å². The summed E-state index contributed by atoms with van der Waals surface area (Å²) in [5, 5.41) is 12.0. The first-order valence-corrected chi connectivity index (χ1v) is 11.5. The van der Waals surface area contributed by atoms with Crippen molar-refractivity contribution in [3.05, 3.63) is 70.6 Å². The number of carbonyl (C=O) groups excluding carboxylic acids is 1. The van der Waals surface area contributed by atoms with Crippen molar-refractivity contribution in [1.29, 1.82) is 0 Å². The first-order valence-electron chi connectivity index (χ1n) is 9.69. The van der Waals surface area contributed by atoms with Crippen LogP contribution in [0, 0.1) is 13.8 Å². The van der Waals surface area contributed by atoms with E-state index in [1.807, 2.05) is 43.5 Å². The Bertz CT molecular complexity index is 1070. The Morgan fingerprint density at radius 2 is 2.13 bits per heavy atom. The maximum atomic E-state index is 12.3. The Morgan fingerprint density at radius 3 is 2.81 bits per heavy atom. The number of benzene rings is 1. The highest BCUT2D eigenvalue weighted by atomic mass is 79.9. The van der Waals surface area contributed by atoms with Crippen molar-refractivity contribution in [2.45, 2.75) is 38.6 Å². The van der Waals surface area contributed by atoms with Crippen LogP contribution in [0.5, 0.6) is 5.75 Å². The highest BCUT2D eigenvalue weighted by Crippen LogP contribution is 2.27. The number of nitrogens with zero attached hydrogens (tertiary/aromatic N) is 4. The van der Waals surface area contributed by atoms with Gasteiger partial charge in [-0.05, 0) is 60.5 Å². The van der Waals surface area contributed by atoms with E-state index in [-0.39, 0.29) is 17.8 Å². The first-order chi connectivity index (χ1) is 14.9. The lowest BCUT2D eigenvalue weighted by molar-refractivity contribution is -0.113. The molecule has 0 bridgehead atoms. The molecule has 0 aliphatic heterocycles. The molecule has 7 nitrogen and oxygen atoms in total. The highest BCUT2D eigenvalue weighted by molar-refractivity contribution is 9.10. The number of allylic oxidation sites excluding steroid dienone is 1. The molecule has 9 heteroatoms. The average molecular weight is 502 g/mol. The summed E-state index contributed by atoms with van der Waals surface area (Å²) in [6.07, 6.45) is 3.09. The fourth-order valence-corrected chi connectivity index (χ4v) is 3.93. The minimum atomic E-state index is -0.316. The number of thioether (sulfide) groups is 1. The van der Waals surface area contributed by atoms with Crippen LogP contribution in [0.1, 0.15) is 30.0 Å². The summed E-state index contributed by atoms with van der Waals surface area (Å²) in [7, 11) is 0. The number of aryl methyl sites for hydroxylation is 2. The van der Waals surface area contributed by atoms with Crippen molar-refractivity contribution >= 4 is 39.4 Å². The second kappa shape index (κ2) is 10.6. The monoisotopic (exact) mass is 501 g/mol. The molecule has 0 spiro atoms. The number of rotatable bonds is 9. The Labute approximate surface area is 194 Å². The lowest BCUT2D eigenvalue weighted by atomic mass is 10.1. The number of amides is 1. The number of carbonyl (C=O) groups is 1. The molecular weight excluding hydrogens is 478 g/mol. The van der Waals surface area contributed by atoms with Gasteiger partial charge in [0.1, 0.15) is 11.6 Å². The molecule has 0 fully saturated rings. The van der Waals surface area contributed by atoms with Crippen LogP contribution in [0.2, 0.25) is 0 Å². The van der Waals surface area contributed by atoms with E-state index < -0.39 is 0 Å². The number of ether oxygens (including phenoxy) is 1. The molecule has 2 heterocycles. The van der Waals surface area contributed by atoms with Crippen LogP contribution >= 0.6 is 27.7 Å². The standard InChI is InChI=1S/C22H24BrN5O2S/c1-5-10-28-21(16(4)30-18-8-6-14(2)11-15(18)3)26-27-22(28)31-13-20(29)25-19-9-7-17(23)12-24-19/h5-9,11-12,16H,1,10,13H2,2-4H3,(H,24,25,29). The number of hydrogen-bond donors (Lipinski definition) is 1.